The summed E-state index contributed by atoms with van der Waals surface area (Å²) < 4.78 is 35.7. The summed E-state index contributed by atoms with van der Waals surface area (Å²) in [6.07, 6.45) is -3.64. The van der Waals surface area contributed by atoms with Gasteiger partial charge in [0.05, 0.1) is 11.3 Å². The number of amides is 1. The van der Waals surface area contributed by atoms with Gasteiger partial charge in [-0.25, -0.2) is 0 Å². The van der Waals surface area contributed by atoms with Crippen molar-refractivity contribution >= 4 is 5.91 Å². The van der Waals surface area contributed by atoms with Gasteiger partial charge in [-0.1, -0.05) is 0 Å². The molecular weight excluding hydrogens is 221 g/mol. The number of carbonyl (C=O) groups is 1. The summed E-state index contributed by atoms with van der Waals surface area (Å²) in [5.41, 5.74) is 5.57. The van der Waals surface area contributed by atoms with E-state index in [1.165, 1.54) is 18.3 Å². The lowest BCUT2D eigenvalue weighted by molar-refractivity contribution is -0.135. The van der Waals surface area contributed by atoms with E-state index in [-0.39, 0.29) is 18.4 Å². The molecule has 0 atom stereocenters. The molecule has 0 saturated carbocycles. The number of alkyl halides is 3. The van der Waals surface area contributed by atoms with Gasteiger partial charge in [-0.05, 0) is 25.0 Å². The predicted octanol–water partition coefficient (Wildman–Crippen LogP) is 2.07. The zero-order valence-electron chi connectivity index (χ0n) is 8.42. The highest BCUT2D eigenvalue weighted by molar-refractivity contribution is 5.93. The van der Waals surface area contributed by atoms with E-state index in [2.05, 4.69) is 4.98 Å². The van der Waals surface area contributed by atoms with E-state index in [0.717, 1.165) is 0 Å². The monoisotopic (exact) mass is 232 g/mol. The number of halogens is 3. The molecule has 1 amide bonds. The van der Waals surface area contributed by atoms with Crippen LogP contribution in [0.25, 0.3) is 0 Å². The van der Waals surface area contributed by atoms with Gasteiger partial charge in [0.1, 0.15) is 0 Å². The Morgan fingerprint density at radius 2 is 2.12 bits per heavy atom. The van der Waals surface area contributed by atoms with E-state index in [1.807, 2.05) is 0 Å². The second-order valence-electron chi connectivity index (χ2n) is 3.33. The quantitative estimate of drug-likeness (QED) is 0.863. The van der Waals surface area contributed by atoms with Crippen LogP contribution in [-0.4, -0.2) is 17.1 Å². The van der Waals surface area contributed by atoms with Gasteiger partial charge in [-0.3, -0.25) is 9.78 Å². The molecule has 0 aliphatic heterocycles. The van der Waals surface area contributed by atoms with E-state index in [9.17, 15) is 18.0 Å². The molecule has 1 aromatic rings. The number of nitrogens with two attached hydrogens (primary N) is 1. The molecule has 16 heavy (non-hydrogen) atoms. The molecule has 0 aliphatic carbocycles. The van der Waals surface area contributed by atoms with E-state index >= 15 is 0 Å². The molecule has 0 unspecified atom stereocenters. The number of rotatable bonds is 4. The highest BCUT2D eigenvalue weighted by Gasteiger charge is 2.26. The number of hydrogen-bond acceptors (Lipinski definition) is 2. The molecule has 3 nitrogen and oxygen atoms in total. The van der Waals surface area contributed by atoms with Crippen LogP contribution in [0.2, 0.25) is 0 Å². The smallest absolute Gasteiger partial charge is 0.366 e. The summed E-state index contributed by atoms with van der Waals surface area (Å²) in [5, 5.41) is 0. The lowest BCUT2D eigenvalue weighted by atomic mass is 10.1. The number of primary amides is 1. The molecule has 1 aromatic heterocycles. The van der Waals surface area contributed by atoms with Crippen molar-refractivity contribution in [1.82, 2.24) is 4.98 Å². The van der Waals surface area contributed by atoms with Crippen LogP contribution in [0.5, 0.6) is 0 Å². The van der Waals surface area contributed by atoms with E-state index in [0.29, 0.717) is 5.69 Å². The Kier molecular flexibility index (Phi) is 3.87. The first-order valence-electron chi connectivity index (χ1n) is 4.70. The van der Waals surface area contributed by atoms with Crippen molar-refractivity contribution in [1.29, 1.82) is 0 Å². The first kappa shape index (κ1) is 12.5. The standard InChI is InChI=1S/C10H11F3N2O/c11-10(12,13)5-1-4-8-7(9(14)16)3-2-6-15-8/h2-3,6H,1,4-5H2,(H2,14,16). The zero-order chi connectivity index (χ0) is 12.2. The normalized spacial score (nSPS) is 11.4. The van der Waals surface area contributed by atoms with E-state index < -0.39 is 18.5 Å². The number of aryl methyl sites for hydroxylation is 1. The fourth-order valence-electron chi connectivity index (χ4n) is 1.32. The Hall–Kier alpha value is -1.59. The summed E-state index contributed by atoms with van der Waals surface area (Å²) >= 11 is 0. The maximum absolute atomic E-state index is 11.9. The summed E-state index contributed by atoms with van der Waals surface area (Å²) in [7, 11) is 0. The Morgan fingerprint density at radius 1 is 1.44 bits per heavy atom. The van der Waals surface area contributed by atoms with Crippen molar-refractivity contribution in [2.75, 3.05) is 0 Å². The molecule has 1 rings (SSSR count). The third-order valence-electron chi connectivity index (χ3n) is 2.03. The fraction of sp³-hybridized carbons (Fsp3) is 0.400. The molecular formula is C10H11F3N2O. The number of aromatic nitrogens is 1. The SMILES string of the molecule is NC(=O)c1cccnc1CCCC(F)(F)F. The Balaban J connectivity index is 2.64. The summed E-state index contributed by atoms with van der Waals surface area (Å²) in [6, 6.07) is 2.98. The minimum Gasteiger partial charge on any atom is -0.366 e. The van der Waals surface area contributed by atoms with Gasteiger partial charge < -0.3 is 5.73 Å². The molecule has 0 aromatic carbocycles. The molecule has 0 radical (unpaired) electrons. The second kappa shape index (κ2) is 4.96. The van der Waals surface area contributed by atoms with Gasteiger partial charge in [0.2, 0.25) is 0 Å². The number of pyridine rings is 1. The number of nitrogens with zero attached hydrogens (tertiary/aromatic N) is 1. The Bertz CT molecular complexity index is 377. The molecule has 0 saturated heterocycles. The summed E-state index contributed by atoms with van der Waals surface area (Å²) in [4.78, 5) is 14.8. The Labute approximate surface area is 90.5 Å². The van der Waals surface area contributed by atoms with Crippen LogP contribution >= 0.6 is 0 Å². The van der Waals surface area contributed by atoms with Crippen LogP contribution < -0.4 is 5.73 Å². The van der Waals surface area contributed by atoms with Crippen LogP contribution in [0, 0.1) is 0 Å². The van der Waals surface area contributed by atoms with Crippen LogP contribution in [0.15, 0.2) is 18.3 Å². The zero-order valence-corrected chi connectivity index (χ0v) is 8.42. The van der Waals surface area contributed by atoms with Crippen molar-refractivity contribution in [3.63, 3.8) is 0 Å². The predicted molar refractivity (Wildman–Crippen MR) is 51.7 cm³/mol. The van der Waals surface area contributed by atoms with E-state index in [4.69, 9.17) is 5.73 Å². The van der Waals surface area contributed by atoms with Crippen molar-refractivity contribution in [2.45, 2.75) is 25.4 Å². The third-order valence-corrected chi connectivity index (χ3v) is 2.03. The van der Waals surface area contributed by atoms with E-state index in [1.54, 1.807) is 0 Å². The molecule has 0 bridgehead atoms. The first-order valence-corrected chi connectivity index (χ1v) is 4.70. The van der Waals surface area contributed by atoms with Gasteiger partial charge in [0.25, 0.3) is 5.91 Å². The first-order chi connectivity index (χ1) is 7.40. The number of carbonyl (C=O) groups excluding carboxylic acids is 1. The minimum absolute atomic E-state index is 0.0959. The maximum Gasteiger partial charge on any atom is 0.389 e. The van der Waals surface area contributed by atoms with Crippen LogP contribution in [0.1, 0.15) is 28.9 Å². The molecule has 1 heterocycles. The summed E-state index contributed by atoms with van der Waals surface area (Å²) in [5.74, 6) is -0.671. The van der Waals surface area contributed by atoms with Gasteiger partial charge in [0, 0.05) is 12.6 Å². The molecule has 0 aliphatic rings. The van der Waals surface area contributed by atoms with Gasteiger partial charge in [-0.2, -0.15) is 13.2 Å². The molecule has 0 spiro atoms. The van der Waals surface area contributed by atoms with Crippen molar-refractivity contribution in [3.05, 3.63) is 29.6 Å². The lowest BCUT2D eigenvalue weighted by Gasteiger charge is -2.07. The molecule has 6 heteroatoms. The highest BCUT2D eigenvalue weighted by Crippen LogP contribution is 2.22. The van der Waals surface area contributed by atoms with Gasteiger partial charge in [-0.15, -0.1) is 0 Å². The van der Waals surface area contributed by atoms with Crippen molar-refractivity contribution in [3.8, 4) is 0 Å². The summed E-state index contributed by atoms with van der Waals surface area (Å²) in [6.45, 7) is 0. The van der Waals surface area contributed by atoms with Gasteiger partial charge in [0.15, 0.2) is 0 Å². The average molecular weight is 232 g/mol. The third kappa shape index (κ3) is 3.88. The lowest BCUT2D eigenvalue weighted by Crippen LogP contribution is -2.15. The topological polar surface area (TPSA) is 56.0 Å². The van der Waals surface area contributed by atoms with Crippen molar-refractivity contribution < 1.29 is 18.0 Å². The van der Waals surface area contributed by atoms with Crippen LogP contribution in [0.4, 0.5) is 13.2 Å². The highest BCUT2D eigenvalue weighted by atomic mass is 19.4. The molecule has 2 N–H and O–H groups in total. The fourth-order valence-corrected chi connectivity index (χ4v) is 1.32. The van der Waals surface area contributed by atoms with Gasteiger partial charge >= 0.3 is 6.18 Å². The van der Waals surface area contributed by atoms with Crippen LogP contribution in [-0.2, 0) is 6.42 Å². The number of hydrogen-bond donors (Lipinski definition) is 1. The van der Waals surface area contributed by atoms with Crippen molar-refractivity contribution in [2.24, 2.45) is 5.73 Å². The minimum atomic E-state index is -4.18. The average Bonchev–Trinajstić information content (AvgIpc) is 2.16. The van der Waals surface area contributed by atoms with Crippen LogP contribution in [0.3, 0.4) is 0 Å². The largest absolute Gasteiger partial charge is 0.389 e. The second-order valence-corrected chi connectivity index (χ2v) is 3.33. The molecule has 0 fully saturated rings. The maximum atomic E-state index is 11.9. The Morgan fingerprint density at radius 3 is 2.69 bits per heavy atom. The molecule has 88 valence electrons.